The molecule has 0 saturated carbocycles. The predicted molar refractivity (Wildman–Crippen MR) is 76.3 cm³/mol. The van der Waals surface area contributed by atoms with E-state index in [-0.39, 0.29) is 0 Å². The predicted octanol–water partition coefficient (Wildman–Crippen LogP) is 3.90. The zero-order chi connectivity index (χ0) is 13.1. The Labute approximate surface area is 119 Å². The van der Waals surface area contributed by atoms with E-state index in [1.807, 2.05) is 12.1 Å². The molecule has 1 aliphatic heterocycles. The molecule has 0 aromatic heterocycles. The highest BCUT2D eigenvalue weighted by Gasteiger charge is 2.21. The van der Waals surface area contributed by atoms with Crippen molar-refractivity contribution in [2.24, 2.45) is 0 Å². The highest BCUT2D eigenvalue weighted by molar-refractivity contribution is 6.42. The van der Waals surface area contributed by atoms with Crippen LogP contribution in [0.15, 0.2) is 18.2 Å². The van der Waals surface area contributed by atoms with Gasteiger partial charge in [-0.05, 0) is 38.8 Å². The van der Waals surface area contributed by atoms with E-state index >= 15 is 0 Å². The van der Waals surface area contributed by atoms with Gasteiger partial charge in [-0.15, -0.1) is 0 Å². The van der Waals surface area contributed by atoms with E-state index in [9.17, 15) is 5.11 Å². The maximum absolute atomic E-state index is 10.2. The van der Waals surface area contributed by atoms with Crippen molar-refractivity contribution in [1.29, 1.82) is 0 Å². The third-order valence-corrected chi connectivity index (χ3v) is 4.55. The smallest absolute Gasteiger partial charge is 0.0817 e. The number of likely N-dealkylation sites (tertiary alicyclic amines) is 1. The Bertz CT molecular complexity index is 411. The second-order valence-electron chi connectivity index (χ2n) is 4.97. The largest absolute Gasteiger partial charge is 0.388 e. The minimum Gasteiger partial charge on any atom is -0.388 e. The minimum atomic E-state index is -0.538. The molecule has 1 aromatic carbocycles. The molecule has 2 atom stereocenters. The van der Waals surface area contributed by atoms with Gasteiger partial charge in [0.2, 0.25) is 0 Å². The van der Waals surface area contributed by atoms with Gasteiger partial charge in [-0.25, -0.2) is 0 Å². The number of benzene rings is 1. The molecule has 2 nitrogen and oxygen atoms in total. The third-order valence-electron chi connectivity index (χ3n) is 3.72. The number of aliphatic hydroxyl groups is 1. The molecule has 0 radical (unpaired) electrons. The Morgan fingerprint density at radius 2 is 2.22 bits per heavy atom. The van der Waals surface area contributed by atoms with Crippen LogP contribution in [-0.2, 0) is 0 Å². The summed E-state index contributed by atoms with van der Waals surface area (Å²) in [5.74, 6) is 0. The molecule has 1 saturated heterocycles. The van der Waals surface area contributed by atoms with Gasteiger partial charge in [0.15, 0.2) is 0 Å². The first kappa shape index (κ1) is 14.1. The zero-order valence-corrected chi connectivity index (χ0v) is 12.1. The lowest BCUT2D eigenvalue weighted by atomic mass is 10.1. The van der Waals surface area contributed by atoms with E-state index in [1.165, 1.54) is 12.8 Å². The van der Waals surface area contributed by atoms with Crippen molar-refractivity contribution in [2.45, 2.75) is 38.3 Å². The van der Waals surface area contributed by atoms with Crippen molar-refractivity contribution in [3.05, 3.63) is 33.8 Å². The SMILES string of the molecule is CC1CCCN1CCC(O)c1cccc(Cl)c1Cl. The number of aliphatic hydroxyl groups excluding tert-OH is 1. The van der Waals surface area contributed by atoms with Crippen LogP contribution in [0, 0.1) is 0 Å². The van der Waals surface area contributed by atoms with E-state index in [1.54, 1.807) is 6.07 Å². The van der Waals surface area contributed by atoms with Gasteiger partial charge in [0.05, 0.1) is 16.1 Å². The van der Waals surface area contributed by atoms with Crippen LogP contribution in [0.3, 0.4) is 0 Å². The van der Waals surface area contributed by atoms with Gasteiger partial charge in [0, 0.05) is 18.2 Å². The normalized spacial score (nSPS) is 22.3. The van der Waals surface area contributed by atoms with Crippen LogP contribution >= 0.6 is 23.2 Å². The summed E-state index contributed by atoms with van der Waals surface area (Å²) in [6, 6.07) is 6.03. The molecule has 0 aliphatic carbocycles. The van der Waals surface area contributed by atoms with Gasteiger partial charge >= 0.3 is 0 Å². The van der Waals surface area contributed by atoms with Crippen molar-refractivity contribution >= 4 is 23.2 Å². The van der Waals surface area contributed by atoms with Crippen molar-refractivity contribution in [3.63, 3.8) is 0 Å². The van der Waals surface area contributed by atoms with Gasteiger partial charge in [0.1, 0.15) is 0 Å². The lowest BCUT2D eigenvalue weighted by Crippen LogP contribution is -2.28. The van der Waals surface area contributed by atoms with Crippen molar-refractivity contribution in [1.82, 2.24) is 4.90 Å². The van der Waals surface area contributed by atoms with Crippen LogP contribution < -0.4 is 0 Å². The van der Waals surface area contributed by atoms with E-state index in [4.69, 9.17) is 23.2 Å². The van der Waals surface area contributed by atoms with Crippen LogP contribution in [0.4, 0.5) is 0 Å². The molecule has 0 amide bonds. The van der Waals surface area contributed by atoms with Gasteiger partial charge in [-0.1, -0.05) is 35.3 Å². The van der Waals surface area contributed by atoms with Crippen LogP contribution in [0.25, 0.3) is 0 Å². The fourth-order valence-corrected chi connectivity index (χ4v) is 2.98. The van der Waals surface area contributed by atoms with Gasteiger partial charge in [0.25, 0.3) is 0 Å². The molecule has 0 spiro atoms. The second kappa shape index (κ2) is 6.25. The molecule has 18 heavy (non-hydrogen) atoms. The molecule has 0 bridgehead atoms. The number of nitrogens with zero attached hydrogens (tertiary/aromatic N) is 1. The zero-order valence-electron chi connectivity index (χ0n) is 10.6. The first-order valence-electron chi connectivity index (χ1n) is 6.45. The number of rotatable bonds is 4. The first-order valence-corrected chi connectivity index (χ1v) is 7.21. The fourth-order valence-electron chi connectivity index (χ4n) is 2.55. The third kappa shape index (κ3) is 3.18. The summed E-state index contributed by atoms with van der Waals surface area (Å²) in [7, 11) is 0. The molecule has 1 fully saturated rings. The van der Waals surface area contributed by atoms with Crippen LogP contribution in [0.2, 0.25) is 10.0 Å². The maximum Gasteiger partial charge on any atom is 0.0817 e. The lowest BCUT2D eigenvalue weighted by molar-refractivity contribution is 0.140. The van der Waals surface area contributed by atoms with Gasteiger partial charge in [-0.2, -0.15) is 0 Å². The molecule has 100 valence electrons. The van der Waals surface area contributed by atoms with Gasteiger partial charge in [-0.3, -0.25) is 0 Å². The fraction of sp³-hybridized carbons (Fsp3) is 0.571. The van der Waals surface area contributed by atoms with E-state index in [0.29, 0.717) is 22.5 Å². The van der Waals surface area contributed by atoms with Crippen LogP contribution in [0.1, 0.15) is 37.9 Å². The lowest BCUT2D eigenvalue weighted by Gasteiger charge is -2.23. The molecule has 1 aliphatic rings. The Morgan fingerprint density at radius 3 is 2.89 bits per heavy atom. The Balaban J connectivity index is 1.95. The van der Waals surface area contributed by atoms with Gasteiger partial charge < -0.3 is 10.0 Å². The maximum atomic E-state index is 10.2. The molecule has 1 N–H and O–H groups in total. The van der Waals surface area contributed by atoms with Crippen LogP contribution in [-0.4, -0.2) is 29.1 Å². The molecular weight excluding hydrogens is 269 g/mol. The number of hydrogen-bond donors (Lipinski definition) is 1. The summed E-state index contributed by atoms with van der Waals surface area (Å²) in [5, 5.41) is 11.2. The summed E-state index contributed by atoms with van der Waals surface area (Å²) in [6.45, 7) is 4.29. The summed E-state index contributed by atoms with van der Waals surface area (Å²) in [4.78, 5) is 2.42. The van der Waals surface area contributed by atoms with E-state index < -0.39 is 6.10 Å². The average Bonchev–Trinajstić information content (AvgIpc) is 2.75. The molecule has 4 heteroatoms. The Kier molecular flexibility index (Phi) is 4.91. The van der Waals surface area contributed by atoms with Crippen LogP contribution in [0.5, 0.6) is 0 Å². The van der Waals surface area contributed by atoms with Crippen molar-refractivity contribution in [3.8, 4) is 0 Å². The summed E-state index contributed by atoms with van der Waals surface area (Å²) in [6.07, 6.45) is 2.68. The van der Waals surface area contributed by atoms with E-state index in [2.05, 4.69) is 11.8 Å². The first-order chi connectivity index (χ1) is 8.59. The highest BCUT2D eigenvalue weighted by Crippen LogP contribution is 2.31. The summed E-state index contributed by atoms with van der Waals surface area (Å²) in [5.41, 5.74) is 0.732. The quantitative estimate of drug-likeness (QED) is 0.908. The Hall–Kier alpha value is -0.280. The monoisotopic (exact) mass is 287 g/mol. The molecule has 2 unspecified atom stereocenters. The second-order valence-corrected chi connectivity index (χ2v) is 5.76. The molecule has 1 heterocycles. The van der Waals surface area contributed by atoms with Crippen molar-refractivity contribution in [2.75, 3.05) is 13.1 Å². The minimum absolute atomic E-state index is 0.473. The number of halogens is 2. The summed E-state index contributed by atoms with van der Waals surface area (Å²) < 4.78 is 0. The molecule has 1 aromatic rings. The highest BCUT2D eigenvalue weighted by atomic mass is 35.5. The molecular formula is C14H19Cl2NO. The summed E-state index contributed by atoms with van der Waals surface area (Å²) >= 11 is 12.1. The van der Waals surface area contributed by atoms with Crippen molar-refractivity contribution < 1.29 is 5.11 Å². The van der Waals surface area contributed by atoms with E-state index in [0.717, 1.165) is 18.7 Å². The Morgan fingerprint density at radius 1 is 1.44 bits per heavy atom. The number of hydrogen-bond acceptors (Lipinski definition) is 2. The molecule has 2 rings (SSSR count). The topological polar surface area (TPSA) is 23.5 Å². The standard InChI is InChI=1S/C14H19Cl2NO/c1-10-4-3-8-17(10)9-7-13(18)11-5-2-6-12(15)14(11)16/h2,5-6,10,13,18H,3-4,7-9H2,1H3. The average molecular weight is 288 g/mol.